The fraction of sp³-hybridized carbons (Fsp3) is 0.286. The van der Waals surface area contributed by atoms with Gasteiger partial charge >= 0.3 is 0 Å². The molecule has 3 aromatic carbocycles. The highest BCUT2D eigenvalue weighted by molar-refractivity contribution is 6.03. The third-order valence-electron chi connectivity index (χ3n) is 5.92. The molecule has 0 radical (unpaired) electrons. The molecule has 0 saturated carbocycles. The molecule has 1 atom stereocenters. The normalized spacial score (nSPS) is 16.1. The topological polar surface area (TPSA) is 58.6 Å². The molecule has 1 aliphatic heterocycles. The molecule has 1 aliphatic rings. The van der Waals surface area contributed by atoms with Crippen LogP contribution in [0.15, 0.2) is 72.8 Å². The number of ether oxygens (including phenoxy) is 1. The number of hydrogen-bond acceptors (Lipinski definition) is 3. The molecule has 0 spiro atoms. The maximum atomic E-state index is 12.8. The van der Waals surface area contributed by atoms with Crippen molar-refractivity contribution in [3.63, 3.8) is 0 Å². The minimum atomic E-state index is -0.379. The minimum absolute atomic E-state index is 0.0276. The predicted octanol–water partition coefficient (Wildman–Crippen LogP) is 6.08. The van der Waals surface area contributed by atoms with Gasteiger partial charge in [-0.2, -0.15) is 0 Å². The van der Waals surface area contributed by atoms with Crippen LogP contribution in [0.25, 0.3) is 0 Å². The van der Waals surface area contributed by atoms with Gasteiger partial charge in [-0.3, -0.25) is 9.59 Å². The molecular weight excluding hydrogens is 412 g/mol. The van der Waals surface area contributed by atoms with E-state index in [2.05, 4.69) is 38.2 Å². The molecule has 2 amide bonds. The standard InChI is InChI=1S/C28H30N2O3/c1-19-5-11-23(12-6-19)30-18-20(17-26(30)31)27(32)29-22-9-15-25(16-10-22)33-24-13-7-21(8-14-24)28(2,3)4/h5-16,20H,17-18H2,1-4H3,(H,29,32)/t20-/m0/s1. The fourth-order valence-electron chi connectivity index (χ4n) is 3.87. The van der Waals surface area contributed by atoms with Gasteiger partial charge in [0.2, 0.25) is 11.8 Å². The molecule has 5 heteroatoms. The molecule has 4 rings (SSSR count). The summed E-state index contributed by atoms with van der Waals surface area (Å²) in [6.45, 7) is 8.93. The molecule has 1 saturated heterocycles. The number of carbonyl (C=O) groups is 2. The summed E-state index contributed by atoms with van der Waals surface area (Å²) in [6.07, 6.45) is 0.214. The first-order chi connectivity index (χ1) is 15.7. The van der Waals surface area contributed by atoms with E-state index in [9.17, 15) is 9.59 Å². The van der Waals surface area contributed by atoms with Crippen molar-refractivity contribution >= 4 is 23.2 Å². The van der Waals surface area contributed by atoms with Crippen molar-refractivity contribution in [1.82, 2.24) is 0 Å². The monoisotopic (exact) mass is 442 g/mol. The number of nitrogens with zero attached hydrogens (tertiary/aromatic N) is 1. The second kappa shape index (κ2) is 9.10. The Kier molecular flexibility index (Phi) is 6.23. The maximum Gasteiger partial charge on any atom is 0.229 e. The van der Waals surface area contributed by atoms with Crippen LogP contribution in [0.3, 0.4) is 0 Å². The number of hydrogen-bond donors (Lipinski definition) is 1. The SMILES string of the molecule is Cc1ccc(N2C[C@@H](C(=O)Nc3ccc(Oc4ccc(C(C)(C)C)cc4)cc3)CC2=O)cc1. The van der Waals surface area contributed by atoms with E-state index in [1.165, 1.54) is 5.56 Å². The molecule has 33 heavy (non-hydrogen) atoms. The van der Waals surface area contributed by atoms with Gasteiger partial charge in [0, 0.05) is 24.3 Å². The zero-order chi connectivity index (χ0) is 23.6. The first-order valence-corrected chi connectivity index (χ1v) is 11.3. The second-order valence-corrected chi connectivity index (χ2v) is 9.63. The summed E-state index contributed by atoms with van der Waals surface area (Å²) < 4.78 is 5.93. The Morgan fingerprint density at radius 3 is 2.06 bits per heavy atom. The van der Waals surface area contributed by atoms with Gasteiger partial charge in [0.1, 0.15) is 11.5 Å². The van der Waals surface area contributed by atoms with Gasteiger partial charge in [-0.25, -0.2) is 0 Å². The molecule has 5 nitrogen and oxygen atoms in total. The average molecular weight is 443 g/mol. The number of amides is 2. The average Bonchev–Trinajstić information content (AvgIpc) is 3.17. The zero-order valence-corrected chi connectivity index (χ0v) is 19.6. The lowest BCUT2D eigenvalue weighted by molar-refractivity contribution is -0.122. The van der Waals surface area contributed by atoms with Gasteiger partial charge < -0.3 is 15.0 Å². The summed E-state index contributed by atoms with van der Waals surface area (Å²) in [4.78, 5) is 26.9. The molecule has 1 heterocycles. The van der Waals surface area contributed by atoms with Crippen LogP contribution in [-0.2, 0) is 15.0 Å². The van der Waals surface area contributed by atoms with Crippen LogP contribution in [0.1, 0.15) is 38.3 Å². The highest BCUT2D eigenvalue weighted by Crippen LogP contribution is 2.29. The van der Waals surface area contributed by atoms with Gasteiger partial charge in [-0.15, -0.1) is 0 Å². The van der Waals surface area contributed by atoms with Crippen molar-refractivity contribution in [2.45, 2.75) is 39.5 Å². The molecule has 0 unspecified atom stereocenters. The Morgan fingerprint density at radius 1 is 0.909 bits per heavy atom. The van der Waals surface area contributed by atoms with E-state index >= 15 is 0 Å². The predicted molar refractivity (Wildman–Crippen MR) is 132 cm³/mol. The van der Waals surface area contributed by atoms with Crippen LogP contribution < -0.4 is 15.0 Å². The van der Waals surface area contributed by atoms with Crippen molar-refractivity contribution in [2.75, 3.05) is 16.8 Å². The first kappa shape index (κ1) is 22.6. The summed E-state index contributed by atoms with van der Waals surface area (Å²) in [5, 5.41) is 2.93. The first-order valence-electron chi connectivity index (χ1n) is 11.3. The largest absolute Gasteiger partial charge is 0.457 e. The van der Waals surface area contributed by atoms with Gasteiger partial charge in [0.25, 0.3) is 0 Å². The van der Waals surface area contributed by atoms with Gasteiger partial charge in [-0.05, 0) is 66.4 Å². The van der Waals surface area contributed by atoms with E-state index in [-0.39, 0.29) is 29.6 Å². The van der Waals surface area contributed by atoms with E-state index in [4.69, 9.17) is 4.74 Å². The van der Waals surface area contributed by atoms with E-state index in [0.717, 1.165) is 17.0 Å². The second-order valence-electron chi connectivity index (χ2n) is 9.63. The van der Waals surface area contributed by atoms with Gasteiger partial charge in [0.05, 0.1) is 5.92 Å². The summed E-state index contributed by atoms with van der Waals surface area (Å²) in [6, 6.07) is 23.1. The quantitative estimate of drug-likeness (QED) is 0.521. The molecule has 0 bridgehead atoms. The van der Waals surface area contributed by atoms with Crippen LogP contribution in [0.4, 0.5) is 11.4 Å². The highest BCUT2D eigenvalue weighted by atomic mass is 16.5. The van der Waals surface area contributed by atoms with Crippen molar-refractivity contribution in [3.8, 4) is 11.5 Å². The number of carbonyl (C=O) groups excluding carboxylic acids is 2. The Bertz CT molecular complexity index is 1130. The number of rotatable bonds is 5. The van der Waals surface area contributed by atoms with Crippen molar-refractivity contribution < 1.29 is 14.3 Å². The van der Waals surface area contributed by atoms with Gasteiger partial charge in [-0.1, -0.05) is 50.6 Å². The Balaban J connectivity index is 1.34. The van der Waals surface area contributed by atoms with Crippen LogP contribution >= 0.6 is 0 Å². The fourth-order valence-corrected chi connectivity index (χ4v) is 3.87. The number of nitrogens with one attached hydrogen (secondary N) is 1. The Labute approximate surface area is 195 Å². The highest BCUT2D eigenvalue weighted by Gasteiger charge is 2.35. The van der Waals surface area contributed by atoms with Crippen LogP contribution in [-0.4, -0.2) is 18.4 Å². The van der Waals surface area contributed by atoms with E-state index < -0.39 is 0 Å². The lowest BCUT2D eigenvalue weighted by Gasteiger charge is -2.19. The summed E-state index contributed by atoms with van der Waals surface area (Å²) >= 11 is 0. The third kappa shape index (κ3) is 5.43. The molecule has 0 aromatic heterocycles. The van der Waals surface area contributed by atoms with Crippen molar-refractivity contribution in [3.05, 3.63) is 83.9 Å². The van der Waals surface area contributed by atoms with Crippen LogP contribution in [0.2, 0.25) is 0 Å². The van der Waals surface area contributed by atoms with E-state index in [0.29, 0.717) is 18.0 Å². The lowest BCUT2D eigenvalue weighted by Crippen LogP contribution is -2.28. The Morgan fingerprint density at radius 2 is 1.48 bits per heavy atom. The molecule has 0 aliphatic carbocycles. The molecule has 3 aromatic rings. The molecule has 1 N–H and O–H groups in total. The zero-order valence-electron chi connectivity index (χ0n) is 19.6. The minimum Gasteiger partial charge on any atom is -0.457 e. The number of anilines is 2. The number of benzene rings is 3. The van der Waals surface area contributed by atoms with E-state index in [1.807, 2.05) is 67.6 Å². The number of aryl methyl sites for hydroxylation is 1. The summed E-state index contributed by atoms with van der Waals surface area (Å²) in [7, 11) is 0. The molecular formula is C28H30N2O3. The smallest absolute Gasteiger partial charge is 0.229 e. The third-order valence-corrected chi connectivity index (χ3v) is 5.92. The summed E-state index contributed by atoms with van der Waals surface area (Å²) in [5.41, 5.74) is 3.99. The maximum absolute atomic E-state index is 12.8. The van der Waals surface area contributed by atoms with Crippen molar-refractivity contribution in [2.24, 2.45) is 5.92 Å². The van der Waals surface area contributed by atoms with Crippen LogP contribution in [0.5, 0.6) is 11.5 Å². The molecule has 170 valence electrons. The van der Waals surface area contributed by atoms with Crippen molar-refractivity contribution in [1.29, 1.82) is 0 Å². The Hall–Kier alpha value is -3.60. The van der Waals surface area contributed by atoms with Gasteiger partial charge in [0.15, 0.2) is 0 Å². The molecule has 1 fully saturated rings. The summed E-state index contributed by atoms with van der Waals surface area (Å²) in [5.74, 6) is 0.902. The van der Waals surface area contributed by atoms with Crippen LogP contribution in [0, 0.1) is 12.8 Å². The van der Waals surface area contributed by atoms with E-state index in [1.54, 1.807) is 4.90 Å². The lowest BCUT2D eigenvalue weighted by atomic mass is 9.87.